The molecule has 0 aromatic carbocycles. The van der Waals surface area contributed by atoms with Crippen molar-refractivity contribution in [1.82, 2.24) is 9.97 Å². The number of hydrogen-bond acceptors (Lipinski definition) is 5. The normalized spacial score (nSPS) is 12.2. The Labute approximate surface area is 141 Å². The maximum Gasteiger partial charge on any atom is 0.228 e. The molecule has 2 rings (SSSR count). The Balaban J connectivity index is 2.21. The van der Waals surface area contributed by atoms with Gasteiger partial charge in [0.1, 0.15) is 14.6 Å². The number of anilines is 1. The second-order valence-electron chi connectivity index (χ2n) is 4.56. The van der Waals surface area contributed by atoms with E-state index in [4.69, 9.17) is 0 Å². The highest BCUT2D eigenvalue weighted by molar-refractivity contribution is 9.10. The number of carbonyl (C=O) groups excluding carboxylic acids is 1. The second-order valence-corrected chi connectivity index (χ2v) is 7.56. The van der Waals surface area contributed by atoms with Gasteiger partial charge in [0.2, 0.25) is 5.91 Å². The molecule has 0 bridgehead atoms. The Hall–Kier alpha value is -0.920. The van der Waals surface area contributed by atoms with Crippen LogP contribution in [0.25, 0.3) is 10.6 Å². The summed E-state index contributed by atoms with van der Waals surface area (Å²) < 4.78 is 0.694. The van der Waals surface area contributed by atoms with E-state index >= 15 is 0 Å². The predicted molar refractivity (Wildman–Crippen MR) is 94.0 cm³/mol. The van der Waals surface area contributed by atoms with Gasteiger partial charge >= 0.3 is 0 Å². The molecular formula is C14H16BrN3OS2. The van der Waals surface area contributed by atoms with Crippen LogP contribution >= 0.6 is 39.0 Å². The number of thioether (sulfide) groups is 1. The minimum atomic E-state index is 0.0962. The summed E-state index contributed by atoms with van der Waals surface area (Å²) in [5, 5.41) is 1.99. The van der Waals surface area contributed by atoms with Crippen LogP contribution in [-0.4, -0.2) is 34.4 Å². The number of rotatable bonds is 5. The molecule has 1 amide bonds. The van der Waals surface area contributed by atoms with Crippen LogP contribution in [0, 0.1) is 0 Å². The molecule has 7 heteroatoms. The van der Waals surface area contributed by atoms with Crippen molar-refractivity contribution in [3.05, 3.63) is 29.1 Å². The summed E-state index contributed by atoms with van der Waals surface area (Å²) in [7, 11) is 1.79. The van der Waals surface area contributed by atoms with Gasteiger partial charge in [0.05, 0.1) is 0 Å². The number of nitrogens with zero attached hydrogens (tertiary/aromatic N) is 3. The molecule has 1 atom stereocenters. The average molecular weight is 386 g/mol. The molecule has 2 aromatic rings. The monoisotopic (exact) mass is 385 g/mol. The second kappa shape index (κ2) is 7.38. The first-order valence-electron chi connectivity index (χ1n) is 6.39. The van der Waals surface area contributed by atoms with Crippen LogP contribution in [-0.2, 0) is 4.79 Å². The minimum absolute atomic E-state index is 0.0962. The summed E-state index contributed by atoms with van der Waals surface area (Å²) >= 11 is 6.62. The summed E-state index contributed by atoms with van der Waals surface area (Å²) in [6.07, 6.45) is 6.03. The molecule has 112 valence electrons. The van der Waals surface area contributed by atoms with E-state index in [0.29, 0.717) is 16.3 Å². The molecule has 0 aliphatic heterocycles. The Bertz CT molecular complexity index is 618. The molecule has 1 unspecified atom stereocenters. The van der Waals surface area contributed by atoms with Crippen LogP contribution in [0.4, 0.5) is 5.00 Å². The third kappa shape index (κ3) is 4.05. The van der Waals surface area contributed by atoms with E-state index in [0.717, 1.165) is 15.6 Å². The van der Waals surface area contributed by atoms with Crippen molar-refractivity contribution in [3.8, 4) is 10.6 Å². The Kier molecular flexibility index (Phi) is 5.78. The largest absolute Gasteiger partial charge is 0.305 e. The number of carbonyl (C=O) groups is 1. The maximum absolute atomic E-state index is 12.3. The number of aromatic nitrogens is 2. The van der Waals surface area contributed by atoms with E-state index in [1.165, 1.54) is 11.3 Å². The first kappa shape index (κ1) is 16.5. The van der Waals surface area contributed by atoms with Crippen molar-refractivity contribution >= 4 is 49.9 Å². The standard InChI is InChI=1S/C14H16BrN3OS2/c1-9(20-3)7-11(19)18(2)14-12(15)17-13(21-14)10-5-4-6-16-8-10/h4-6,8-9H,7H2,1-3H3. The first-order valence-corrected chi connectivity index (χ1v) is 9.28. The van der Waals surface area contributed by atoms with Crippen molar-refractivity contribution in [2.45, 2.75) is 18.6 Å². The Morgan fingerprint density at radius 2 is 2.33 bits per heavy atom. The number of thiazole rings is 1. The van der Waals surface area contributed by atoms with E-state index in [-0.39, 0.29) is 5.91 Å². The fourth-order valence-corrected chi connectivity index (χ4v) is 3.73. The van der Waals surface area contributed by atoms with E-state index in [9.17, 15) is 4.79 Å². The zero-order valence-electron chi connectivity index (χ0n) is 12.0. The highest BCUT2D eigenvalue weighted by Gasteiger charge is 2.20. The van der Waals surface area contributed by atoms with Gasteiger partial charge in [-0.1, -0.05) is 18.3 Å². The van der Waals surface area contributed by atoms with Crippen LogP contribution in [0.5, 0.6) is 0 Å². The summed E-state index contributed by atoms with van der Waals surface area (Å²) in [4.78, 5) is 22.5. The van der Waals surface area contributed by atoms with Crippen LogP contribution in [0.3, 0.4) is 0 Å². The summed E-state index contributed by atoms with van der Waals surface area (Å²) in [6, 6.07) is 3.83. The molecule has 0 aliphatic carbocycles. The van der Waals surface area contributed by atoms with Crippen LogP contribution in [0.15, 0.2) is 29.1 Å². The number of halogens is 1. The highest BCUT2D eigenvalue weighted by atomic mass is 79.9. The van der Waals surface area contributed by atoms with Gasteiger partial charge in [-0.05, 0) is 34.3 Å². The summed E-state index contributed by atoms with van der Waals surface area (Å²) in [5.74, 6) is 0.0962. The molecular weight excluding hydrogens is 370 g/mol. The smallest absolute Gasteiger partial charge is 0.228 e. The third-order valence-corrected chi connectivity index (χ3v) is 5.99. The number of amides is 1. The quantitative estimate of drug-likeness (QED) is 0.777. The molecule has 4 nitrogen and oxygen atoms in total. The molecule has 0 fully saturated rings. The molecule has 0 spiro atoms. The van der Waals surface area contributed by atoms with Crippen molar-refractivity contribution in [2.24, 2.45) is 0 Å². The van der Waals surface area contributed by atoms with Crippen molar-refractivity contribution in [2.75, 3.05) is 18.2 Å². The minimum Gasteiger partial charge on any atom is -0.305 e. The van der Waals surface area contributed by atoms with Gasteiger partial charge in [-0.3, -0.25) is 9.78 Å². The first-order chi connectivity index (χ1) is 10.0. The molecule has 0 saturated heterocycles. The molecule has 21 heavy (non-hydrogen) atoms. The lowest BCUT2D eigenvalue weighted by molar-refractivity contribution is -0.118. The van der Waals surface area contributed by atoms with Crippen molar-refractivity contribution in [3.63, 3.8) is 0 Å². The average Bonchev–Trinajstić information content (AvgIpc) is 2.89. The van der Waals surface area contributed by atoms with E-state index in [1.807, 2.05) is 18.4 Å². The molecule has 2 aromatic heterocycles. The predicted octanol–water partition coefficient (Wildman–Crippen LogP) is 4.07. The van der Waals surface area contributed by atoms with Gasteiger partial charge < -0.3 is 4.90 Å². The number of hydrogen-bond donors (Lipinski definition) is 0. The lowest BCUT2D eigenvalue weighted by Gasteiger charge is -2.17. The summed E-state index contributed by atoms with van der Waals surface area (Å²) in [5.41, 5.74) is 0.952. The number of pyridine rings is 1. The molecule has 0 aliphatic rings. The lowest BCUT2D eigenvalue weighted by Crippen LogP contribution is -2.27. The Morgan fingerprint density at radius 1 is 1.57 bits per heavy atom. The van der Waals surface area contributed by atoms with Gasteiger partial charge in [-0.25, -0.2) is 4.98 Å². The Morgan fingerprint density at radius 3 is 2.95 bits per heavy atom. The zero-order valence-corrected chi connectivity index (χ0v) is 15.3. The van der Waals surface area contributed by atoms with E-state index in [2.05, 4.69) is 32.8 Å². The van der Waals surface area contributed by atoms with Crippen LogP contribution in [0.2, 0.25) is 0 Å². The zero-order chi connectivity index (χ0) is 15.4. The fraction of sp³-hybridized carbons (Fsp3) is 0.357. The van der Waals surface area contributed by atoms with Gasteiger partial charge in [-0.2, -0.15) is 11.8 Å². The van der Waals surface area contributed by atoms with Crippen molar-refractivity contribution < 1.29 is 4.79 Å². The van der Waals surface area contributed by atoms with Gasteiger partial charge in [0.15, 0.2) is 0 Å². The van der Waals surface area contributed by atoms with Crippen LogP contribution < -0.4 is 4.90 Å². The molecule has 0 saturated carbocycles. The third-order valence-electron chi connectivity index (χ3n) is 3.02. The van der Waals surface area contributed by atoms with Gasteiger partial charge in [0.25, 0.3) is 0 Å². The topological polar surface area (TPSA) is 46.1 Å². The van der Waals surface area contributed by atoms with E-state index < -0.39 is 0 Å². The molecule has 2 heterocycles. The highest BCUT2D eigenvalue weighted by Crippen LogP contribution is 2.37. The molecule has 0 radical (unpaired) electrons. The van der Waals surface area contributed by atoms with E-state index in [1.54, 1.807) is 36.1 Å². The SMILES string of the molecule is CSC(C)CC(=O)N(C)c1sc(-c2cccnc2)nc1Br. The fourth-order valence-electron chi connectivity index (χ4n) is 1.69. The maximum atomic E-state index is 12.3. The van der Waals surface area contributed by atoms with Crippen LogP contribution in [0.1, 0.15) is 13.3 Å². The van der Waals surface area contributed by atoms with Gasteiger partial charge in [0, 0.05) is 36.7 Å². The van der Waals surface area contributed by atoms with Gasteiger partial charge in [-0.15, -0.1) is 0 Å². The lowest BCUT2D eigenvalue weighted by atomic mass is 10.3. The molecule has 0 N–H and O–H groups in total. The summed E-state index contributed by atoms with van der Waals surface area (Å²) in [6.45, 7) is 2.05. The van der Waals surface area contributed by atoms with Crippen molar-refractivity contribution in [1.29, 1.82) is 0 Å².